The van der Waals surface area contributed by atoms with Gasteiger partial charge in [0.05, 0.1) is 17.7 Å². The number of halogens is 1. The number of carbonyl (C=O) groups excluding carboxylic acids is 2. The molecule has 0 bridgehead atoms. The predicted octanol–water partition coefficient (Wildman–Crippen LogP) is 5.41. The first-order valence-electron chi connectivity index (χ1n) is 13.8. The standard InChI is InChI=1S/C31H36ClN3O5S/c1-3-29(31(37)33-25-11-7-8-12-25)34(21-23-10-9-15-27(20-23)40-2)30(36)22-35(26-13-5-4-6-14-26)41(38,39)28-18-16-24(32)17-19-28/h4-6,9-10,13-20,25,29H,3,7-8,11-12,21-22H2,1-2H3,(H,33,37)/t29-/m1/s1. The fraction of sp³-hybridized carbons (Fsp3) is 0.355. The first kappa shape index (κ1) is 30.4. The van der Waals surface area contributed by atoms with Crippen LogP contribution in [-0.4, -0.2) is 50.9 Å². The summed E-state index contributed by atoms with van der Waals surface area (Å²) in [6, 6.07) is 20.8. The number of methoxy groups -OCH3 is 1. The van der Waals surface area contributed by atoms with Gasteiger partial charge in [-0.1, -0.05) is 61.7 Å². The van der Waals surface area contributed by atoms with E-state index in [0.29, 0.717) is 22.9 Å². The molecule has 1 aliphatic rings. The molecule has 1 saturated carbocycles. The maximum Gasteiger partial charge on any atom is 0.264 e. The van der Waals surface area contributed by atoms with Crippen molar-refractivity contribution in [3.8, 4) is 5.75 Å². The Kier molecular flexibility index (Phi) is 10.3. The monoisotopic (exact) mass is 597 g/mol. The zero-order chi connectivity index (χ0) is 29.4. The molecule has 8 nitrogen and oxygen atoms in total. The zero-order valence-corrected chi connectivity index (χ0v) is 24.9. The number of anilines is 1. The molecule has 0 spiro atoms. The number of nitrogens with zero attached hydrogens (tertiary/aromatic N) is 2. The summed E-state index contributed by atoms with van der Waals surface area (Å²) >= 11 is 6.01. The number of nitrogens with one attached hydrogen (secondary N) is 1. The van der Waals surface area contributed by atoms with Crippen molar-refractivity contribution in [3.05, 3.63) is 89.4 Å². The molecule has 0 radical (unpaired) electrons. The average Bonchev–Trinajstić information content (AvgIpc) is 3.49. The van der Waals surface area contributed by atoms with Crippen LogP contribution in [0.1, 0.15) is 44.6 Å². The van der Waals surface area contributed by atoms with Gasteiger partial charge in [-0.3, -0.25) is 13.9 Å². The Morgan fingerprint density at radius 3 is 2.32 bits per heavy atom. The summed E-state index contributed by atoms with van der Waals surface area (Å²) in [5, 5.41) is 3.52. The third-order valence-corrected chi connectivity index (χ3v) is 9.34. The van der Waals surface area contributed by atoms with E-state index < -0.39 is 28.5 Å². The molecular formula is C31H36ClN3O5S. The van der Waals surface area contributed by atoms with E-state index in [2.05, 4.69) is 5.32 Å². The molecule has 3 aromatic carbocycles. The largest absolute Gasteiger partial charge is 0.497 e. The lowest BCUT2D eigenvalue weighted by molar-refractivity contribution is -0.140. The minimum absolute atomic E-state index is 0.00363. The van der Waals surface area contributed by atoms with Crippen molar-refractivity contribution >= 4 is 39.1 Å². The fourth-order valence-corrected chi connectivity index (χ4v) is 6.65. The van der Waals surface area contributed by atoms with E-state index in [0.717, 1.165) is 35.6 Å². The van der Waals surface area contributed by atoms with Crippen LogP contribution in [0.15, 0.2) is 83.8 Å². The SMILES string of the molecule is CC[C@H](C(=O)NC1CCCC1)N(Cc1cccc(OC)c1)C(=O)CN(c1ccccc1)S(=O)(=O)c1ccc(Cl)cc1. The topological polar surface area (TPSA) is 96.0 Å². The Morgan fingerprint density at radius 1 is 1.00 bits per heavy atom. The number of para-hydroxylation sites is 1. The summed E-state index contributed by atoms with van der Waals surface area (Å²) in [5.41, 5.74) is 1.09. The molecule has 1 fully saturated rings. The van der Waals surface area contributed by atoms with Crippen LogP contribution in [0.5, 0.6) is 5.75 Å². The van der Waals surface area contributed by atoms with Gasteiger partial charge in [-0.2, -0.15) is 0 Å². The molecule has 4 rings (SSSR count). The van der Waals surface area contributed by atoms with Gasteiger partial charge in [0.25, 0.3) is 10.0 Å². The maximum absolute atomic E-state index is 14.1. The lowest BCUT2D eigenvalue weighted by Crippen LogP contribution is -2.53. The molecular weight excluding hydrogens is 562 g/mol. The quantitative estimate of drug-likeness (QED) is 0.301. The van der Waals surface area contributed by atoms with Gasteiger partial charge < -0.3 is 15.0 Å². The van der Waals surface area contributed by atoms with E-state index in [-0.39, 0.29) is 23.4 Å². The van der Waals surface area contributed by atoms with Crippen molar-refractivity contribution in [2.45, 2.75) is 62.6 Å². The second-order valence-corrected chi connectivity index (χ2v) is 12.4. The summed E-state index contributed by atoms with van der Waals surface area (Å²) in [6.07, 6.45) is 4.30. The van der Waals surface area contributed by atoms with Crippen molar-refractivity contribution in [1.82, 2.24) is 10.2 Å². The lowest BCUT2D eigenvalue weighted by atomic mass is 10.1. The van der Waals surface area contributed by atoms with Gasteiger partial charge >= 0.3 is 0 Å². The molecule has 3 aromatic rings. The lowest BCUT2D eigenvalue weighted by Gasteiger charge is -2.33. The van der Waals surface area contributed by atoms with Crippen LogP contribution in [0.3, 0.4) is 0 Å². The molecule has 2 amide bonds. The van der Waals surface area contributed by atoms with E-state index >= 15 is 0 Å². The highest BCUT2D eigenvalue weighted by Crippen LogP contribution is 2.26. The van der Waals surface area contributed by atoms with E-state index in [4.69, 9.17) is 16.3 Å². The van der Waals surface area contributed by atoms with E-state index in [1.807, 2.05) is 19.1 Å². The van der Waals surface area contributed by atoms with Gasteiger partial charge in [-0.25, -0.2) is 8.42 Å². The summed E-state index contributed by atoms with van der Waals surface area (Å²) in [5.74, 6) is -0.111. The van der Waals surface area contributed by atoms with Crippen molar-refractivity contribution in [2.24, 2.45) is 0 Å². The number of hydrogen-bond donors (Lipinski definition) is 1. The van der Waals surface area contributed by atoms with Crippen LogP contribution < -0.4 is 14.4 Å². The van der Waals surface area contributed by atoms with E-state index in [1.165, 1.54) is 29.2 Å². The highest BCUT2D eigenvalue weighted by Gasteiger charge is 2.34. The first-order valence-corrected chi connectivity index (χ1v) is 15.6. The van der Waals surface area contributed by atoms with E-state index in [9.17, 15) is 18.0 Å². The predicted molar refractivity (Wildman–Crippen MR) is 160 cm³/mol. The van der Waals surface area contributed by atoms with Crippen LogP contribution in [0.4, 0.5) is 5.69 Å². The van der Waals surface area contributed by atoms with Crippen molar-refractivity contribution in [3.63, 3.8) is 0 Å². The second kappa shape index (κ2) is 13.9. The number of amides is 2. The number of rotatable bonds is 12. The van der Waals surface area contributed by atoms with Gasteiger partial charge in [0.15, 0.2) is 0 Å². The number of carbonyl (C=O) groups is 2. The van der Waals surface area contributed by atoms with Crippen LogP contribution in [0.25, 0.3) is 0 Å². The van der Waals surface area contributed by atoms with Crippen molar-refractivity contribution < 1.29 is 22.7 Å². The summed E-state index contributed by atoms with van der Waals surface area (Å²) in [7, 11) is -2.59. The Morgan fingerprint density at radius 2 is 1.68 bits per heavy atom. The molecule has 0 aliphatic heterocycles. The normalized spacial score (nSPS) is 14.3. The van der Waals surface area contributed by atoms with Gasteiger partial charge in [0, 0.05) is 17.6 Å². The van der Waals surface area contributed by atoms with Gasteiger partial charge in [0.2, 0.25) is 11.8 Å². The summed E-state index contributed by atoms with van der Waals surface area (Å²) in [6.45, 7) is 1.46. The van der Waals surface area contributed by atoms with Gasteiger partial charge in [0.1, 0.15) is 18.3 Å². The van der Waals surface area contributed by atoms with Crippen molar-refractivity contribution in [2.75, 3.05) is 18.0 Å². The minimum Gasteiger partial charge on any atom is -0.497 e. The first-order chi connectivity index (χ1) is 19.7. The molecule has 1 atom stereocenters. The van der Waals surface area contributed by atoms with Gasteiger partial charge in [-0.15, -0.1) is 0 Å². The van der Waals surface area contributed by atoms with E-state index in [1.54, 1.807) is 49.6 Å². The third kappa shape index (κ3) is 7.59. The number of sulfonamides is 1. The molecule has 0 unspecified atom stereocenters. The number of benzene rings is 3. The van der Waals surface area contributed by atoms with Crippen LogP contribution in [0.2, 0.25) is 5.02 Å². The fourth-order valence-electron chi connectivity index (χ4n) is 5.11. The molecule has 218 valence electrons. The van der Waals surface area contributed by atoms with Crippen LogP contribution in [-0.2, 0) is 26.2 Å². The van der Waals surface area contributed by atoms with Gasteiger partial charge in [-0.05, 0) is 73.4 Å². The molecule has 1 aliphatic carbocycles. The summed E-state index contributed by atoms with van der Waals surface area (Å²) in [4.78, 5) is 29.2. The molecule has 0 heterocycles. The Bertz CT molecular complexity index is 1430. The smallest absolute Gasteiger partial charge is 0.264 e. The zero-order valence-electron chi connectivity index (χ0n) is 23.3. The Hall–Kier alpha value is -3.56. The third-order valence-electron chi connectivity index (χ3n) is 7.30. The second-order valence-electron chi connectivity index (χ2n) is 10.1. The highest BCUT2D eigenvalue weighted by atomic mass is 35.5. The highest BCUT2D eigenvalue weighted by molar-refractivity contribution is 7.92. The minimum atomic E-state index is -4.15. The molecule has 0 aromatic heterocycles. The molecule has 0 saturated heterocycles. The van der Waals surface area contributed by atoms with Crippen LogP contribution in [0, 0.1) is 0 Å². The molecule has 10 heteroatoms. The average molecular weight is 598 g/mol. The Balaban J connectivity index is 1.70. The molecule has 41 heavy (non-hydrogen) atoms. The Labute approximate surface area is 247 Å². The van der Waals surface area contributed by atoms with Crippen molar-refractivity contribution in [1.29, 1.82) is 0 Å². The summed E-state index contributed by atoms with van der Waals surface area (Å²) < 4.78 is 34.2. The van der Waals surface area contributed by atoms with Crippen LogP contribution >= 0.6 is 11.6 Å². The molecule has 1 N–H and O–H groups in total. The number of hydrogen-bond acceptors (Lipinski definition) is 5. The number of ether oxygens (including phenoxy) is 1. The maximum atomic E-state index is 14.1.